The Morgan fingerprint density at radius 3 is 2.60 bits per heavy atom. The second-order valence-corrected chi connectivity index (χ2v) is 6.73. The van der Waals surface area contributed by atoms with E-state index in [1.54, 1.807) is 45.0 Å². The molecule has 1 aromatic rings. The van der Waals surface area contributed by atoms with Gasteiger partial charge in [0, 0.05) is 17.5 Å². The second-order valence-electron chi connectivity index (χ2n) is 5.31. The van der Waals surface area contributed by atoms with Gasteiger partial charge in [0.25, 0.3) is 10.2 Å². The molecule has 0 unspecified atom stereocenters. The third-order valence-corrected chi connectivity index (χ3v) is 3.41. The molecule has 5 nitrogen and oxygen atoms in total. The molecule has 1 rings (SSSR count). The van der Waals surface area contributed by atoms with Crippen molar-refractivity contribution >= 4 is 15.9 Å². The third kappa shape index (κ3) is 6.57. The molecule has 0 amide bonds. The first-order valence-corrected chi connectivity index (χ1v) is 7.72. The van der Waals surface area contributed by atoms with Crippen molar-refractivity contribution in [1.82, 2.24) is 4.72 Å². The highest BCUT2D eigenvalue weighted by Crippen LogP contribution is 2.12. The van der Waals surface area contributed by atoms with Crippen LogP contribution in [-0.4, -0.2) is 25.7 Å². The molecular weight excluding hydrogens is 276 g/mol. The standard InChI is InChI=1S/C14H20N2O3S/c1-14(2,3)16-20(18,19)15-13-9-6-8-12(11-13)7-4-5-10-17/h6,8-9,11,15-17H,5,10H2,1-3H3. The number of benzene rings is 1. The summed E-state index contributed by atoms with van der Waals surface area (Å²) in [5.74, 6) is 5.64. The largest absolute Gasteiger partial charge is 0.395 e. The van der Waals surface area contributed by atoms with E-state index in [9.17, 15) is 8.42 Å². The molecule has 0 aliphatic heterocycles. The van der Waals surface area contributed by atoms with Crippen LogP contribution in [0.5, 0.6) is 0 Å². The van der Waals surface area contributed by atoms with Gasteiger partial charge in [0.1, 0.15) is 0 Å². The molecule has 110 valence electrons. The lowest BCUT2D eigenvalue weighted by atomic mass is 10.1. The SMILES string of the molecule is CC(C)(C)NS(=O)(=O)Nc1cccc(C#CCCO)c1. The van der Waals surface area contributed by atoms with Crippen LogP contribution in [0.4, 0.5) is 5.69 Å². The van der Waals surface area contributed by atoms with Gasteiger partial charge in [-0.2, -0.15) is 13.1 Å². The molecule has 0 bridgehead atoms. The smallest absolute Gasteiger partial charge is 0.299 e. The zero-order valence-corrected chi connectivity index (χ0v) is 12.7. The first-order chi connectivity index (χ1) is 9.22. The summed E-state index contributed by atoms with van der Waals surface area (Å²) in [6.07, 6.45) is 0.390. The van der Waals surface area contributed by atoms with E-state index in [0.29, 0.717) is 17.7 Å². The summed E-state index contributed by atoms with van der Waals surface area (Å²) in [5, 5.41) is 8.66. The fraction of sp³-hybridized carbons (Fsp3) is 0.429. The topological polar surface area (TPSA) is 78.4 Å². The Labute approximate surface area is 120 Å². The Kier molecular flexibility index (Phi) is 5.57. The molecule has 3 N–H and O–H groups in total. The minimum atomic E-state index is -3.62. The van der Waals surface area contributed by atoms with Gasteiger partial charge < -0.3 is 5.11 Å². The quantitative estimate of drug-likeness (QED) is 0.736. The van der Waals surface area contributed by atoms with E-state index in [2.05, 4.69) is 21.3 Å². The molecule has 0 aromatic heterocycles. The Morgan fingerprint density at radius 2 is 2.00 bits per heavy atom. The molecule has 0 aliphatic carbocycles. The Morgan fingerprint density at radius 1 is 1.30 bits per heavy atom. The molecule has 0 saturated carbocycles. The molecule has 20 heavy (non-hydrogen) atoms. The lowest BCUT2D eigenvalue weighted by Gasteiger charge is -2.20. The molecule has 6 heteroatoms. The predicted octanol–water partition coefficient (Wildman–Crippen LogP) is 1.47. The van der Waals surface area contributed by atoms with Gasteiger partial charge in [0.15, 0.2) is 0 Å². The van der Waals surface area contributed by atoms with E-state index < -0.39 is 15.7 Å². The number of hydrogen-bond donors (Lipinski definition) is 3. The van der Waals surface area contributed by atoms with Crippen LogP contribution in [0, 0.1) is 11.8 Å². The number of nitrogens with one attached hydrogen (secondary N) is 2. The number of aliphatic hydroxyl groups is 1. The maximum atomic E-state index is 11.9. The average molecular weight is 296 g/mol. The molecule has 0 atom stereocenters. The molecule has 0 spiro atoms. The molecule has 1 aromatic carbocycles. The fourth-order valence-corrected chi connectivity index (χ4v) is 2.76. The van der Waals surface area contributed by atoms with Gasteiger partial charge in [-0.3, -0.25) is 4.72 Å². The average Bonchev–Trinajstić information content (AvgIpc) is 2.25. The van der Waals surface area contributed by atoms with Gasteiger partial charge >= 0.3 is 0 Å². The van der Waals surface area contributed by atoms with E-state index in [4.69, 9.17) is 5.11 Å². The van der Waals surface area contributed by atoms with Crippen molar-refractivity contribution in [2.75, 3.05) is 11.3 Å². The van der Waals surface area contributed by atoms with Gasteiger partial charge in [-0.15, -0.1) is 0 Å². The van der Waals surface area contributed by atoms with Gasteiger partial charge in [-0.25, -0.2) is 0 Å². The summed E-state index contributed by atoms with van der Waals surface area (Å²) in [6, 6.07) is 6.79. The first kappa shape index (κ1) is 16.5. The second kappa shape index (κ2) is 6.75. The highest BCUT2D eigenvalue weighted by atomic mass is 32.2. The first-order valence-electron chi connectivity index (χ1n) is 6.23. The zero-order valence-electron chi connectivity index (χ0n) is 11.9. The Balaban J connectivity index is 2.84. The van der Waals surface area contributed by atoms with Gasteiger partial charge in [-0.05, 0) is 39.0 Å². The number of aliphatic hydroxyl groups excluding tert-OH is 1. The zero-order chi connectivity index (χ0) is 15.2. The van der Waals surface area contributed by atoms with Crippen molar-refractivity contribution in [3.63, 3.8) is 0 Å². The van der Waals surface area contributed by atoms with Crippen molar-refractivity contribution in [3.8, 4) is 11.8 Å². The van der Waals surface area contributed by atoms with Crippen LogP contribution < -0.4 is 9.44 Å². The predicted molar refractivity (Wildman–Crippen MR) is 80.5 cm³/mol. The fourth-order valence-electron chi connectivity index (χ4n) is 1.46. The van der Waals surface area contributed by atoms with Crippen molar-refractivity contribution in [3.05, 3.63) is 29.8 Å². The number of rotatable bonds is 4. The normalized spacial score (nSPS) is 11.6. The van der Waals surface area contributed by atoms with Crippen LogP contribution >= 0.6 is 0 Å². The van der Waals surface area contributed by atoms with Crippen LogP contribution in [0.15, 0.2) is 24.3 Å². The summed E-state index contributed by atoms with van der Waals surface area (Å²) >= 11 is 0. The summed E-state index contributed by atoms with van der Waals surface area (Å²) in [7, 11) is -3.62. The van der Waals surface area contributed by atoms with Crippen LogP contribution in [0.3, 0.4) is 0 Å². The van der Waals surface area contributed by atoms with Crippen LogP contribution in [0.1, 0.15) is 32.8 Å². The van der Waals surface area contributed by atoms with Crippen molar-refractivity contribution in [1.29, 1.82) is 0 Å². The Bertz CT molecular complexity index is 607. The van der Waals surface area contributed by atoms with Crippen LogP contribution in [0.2, 0.25) is 0 Å². The van der Waals surface area contributed by atoms with Crippen molar-refractivity contribution < 1.29 is 13.5 Å². The van der Waals surface area contributed by atoms with Gasteiger partial charge in [0.05, 0.1) is 12.3 Å². The maximum Gasteiger partial charge on any atom is 0.299 e. The lowest BCUT2D eigenvalue weighted by molar-refractivity contribution is 0.305. The Hall–Kier alpha value is -1.55. The molecule has 0 heterocycles. The molecule has 0 saturated heterocycles. The van der Waals surface area contributed by atoms with E-state index in [-0.39, 0.29) is 6.61 Å². The van der Waals surface area contributed by atoms with Crippen molar-refractivity contribution in [2.45, 2.75) is 32.7 Å². The van der Waals surface area contributed by atoms with Gasteiger partial charge in [-0.1, -0.05) is 17.9 Å². The van der Waals surface area contributed by atoms with E-state index in [0.717, 1.165) is 0 Å². The molecule has 0 radical (unpaired) electrons. The molecule has 0 aliphatic rings. The number of hydrogen-bond acceptors (Lipinski definition) is 3. The van der Waals surface area contributed by atoms with E-state index in [1.165, 1.54) is 0 Å². The summed E-state index contributed by atoms with van der Waals surface area (Å²) in [6.45, 7) is 5.31. The molecular formula is C14H20N2O3S. The monoisotopic (exact) mass is 296 g/mol. The highest BCUT2D eigenvalue weighted by molar-refractivity contribution is 7.90. The van der Waals surface area contributed by atoms with Crippen LogP contribution in [-0.2, 0) is 10.2 Å². The maximum absolute atomic E-state index is 11.9. The van der Waals surface area contributed by atoms with Crippen LogP contribution in [0.25, 0.3) is 0 Å². The summed E-state index contributed by atoms with van der Waals surface area (Å²) in [5.41, 5.74) is 0.580. The minimum Gasteiger partial charge on any atom is -0.395 e. The third-order valence-electron chi connectivity index (χ3n) is 2.02. The summed E-state index contributed by atoms with van der Waals surface area (Å²) in [4.78, 5) is 0. The highest BCUT2D eigenvalue weighted by Gasteiger charge is 2.19. The summed E-state index contributed by atoms with van der Waals surface area (Å²) < 4.78 is 28.7. The minimum absolute atomic E-state index is 0.00875. The van der Waals surface area contributed by atoms with Gasteiger partial charge in [0.2, 0.25) is 0 Å². The van der Waals surface area contributed by atoms with Crippen molar-refractivity contribution in [2.24, 2.45) is 0 Å². The van der Waals surface area contributed by atoms with E-state index in [1.807, 2.05) is 0 Å². The van der Waals surface area contributed by atoms with E-state index >= 15 is 0 Å². The number of anilines is 1. The lowest BCUT2D eigenvalue weighted by Crippen LogP contribution is -2.43. The molecule has 0 fully saturated rings.